The second-order valence-electron chi connectivity index (χ2n) is 3.61. The van der Waals surface area contributed by atoms with E-state index in [2.05, 4.69) is 4.98 Å². The Morgan fingerprint density at radius 3 is 2.88 bits per heavy atom. The largest absolute Gasteiger partial charge is 0.477 e. The molecule has 0 aromatic carbocycles. The number of hydrogen-bond acceptors (Lipinski definition) is 4. The lowest BCUT2D eigenvalue weighted by Gasteiger charge is -2.08. The van der Waals surface area contributed by atoms with Crippen LogP contribution < -0.4 is 0 Å². The van der Waals surface area contributed by atoms with Crippen molar-refractivity contribution in [3.63, 3.8) is 0 Å². The minimum atomic E-state index is -0.968. The van der Waals surface area contributed by atoms with Crippen LogP contribution in [0.25, 0.3) is 0 Å². The van der Waals surface area contributed by atoms with Gasteiger partial charge < -0.3 is 19.1 Å². The maximum Gasteiger partial charge on any atom is 0.354 e. The fraction of sp³-hybridized carbons (Fsp3) is 0.636. The highest BCUT2D eigenvalue weighted by molar-refractivity contribution is 5.85. The molecule has 0 atom stereocenters. The van der Waals surface area contributed by atoms with Gasteiger partial charge in [-0.25, -0.2) is 9.78 Å². The third-order valence-electron chi connectivity index (χ3n) is 2.37. The number of aromatic carboxylic acids is 1. The molecule has 0 saturated carbocycles. The van der Waals surface area contributed by atoms with Crippen molar-refractivity contribution >= 4 is 5.97 Å². The van der Waals surface area contributed by atoms with E-state index in [9.17, 15) is 4.79 Å². The number of carboxylic acid groups (broad SMARTS) is 1. The second kappa shape index (κ2) is 7.03. The molecule has 1 heterocycles. The molecule has 0 bridgehead atoms. The average molecular weight is 242 g/mol. The van der Waals surface area contributed by atoms with E-state index in [1.54, 1.807) is 18.6 Å². The molecule has 1 rings (SSSR count). The summed E-state index contributed by atoms with van der Waals surface area (Å²) in [6.07, 6.45) is 2.20. The number of ether oxygens (including phenoxy) is 2. The Bertz CT molecular complexity index is 362. The van der Waals surface area contributed by atoms with Crippen molar-refractivity contribution in [2.24, 2.45) is 0 Å². The first-order chi connectivity index (χ1) is 8.16. The number of imidazole rings is 1. The molecule has 0 fully saturated rings. The molecular formula is C11H18N2O4. The van der Waals surface area contributed by atoms with Gasteiger partial charge in [0, 0.05) is 26.9 Å². The Balaban J connectivity index is 2.36. The molecule has 17 heavy (non-hydrogen) atoms. The zero-order valence-corrected chi connectivity index (χ0v) is 10.2. The minimum absolute atomic E-state index is 0.197. The molecule has 0 spiro atoms. The fourth-order valence-electron chi connectivity index (χ4n) is 1.48. The first kappa shape index (κ1) is 13.7. The number of aromatic nitrogens is 2. The van der Waals surface area contributed by atoms with Crippen LogP contribution in [0.1, 0.15) is 22.7 Å². The summed E-state index contributed by atoms with van der Waals surface area (Å²) in [6, 6.07) is 0. The molecule has 1 aromatic rings. The Morgan fingerprint density at radius 1 is 1.47 bits per heavy atom. The van der Waals surface area contributed by atoms with Crippen LogP contribution in [-0.2, 0) is 16.0 Å². The van der Waals surface area contributed by atoms with Gasteiger partial charge >= 0.3 is 5.97 Å². The van der Waals surface area contributed by atoms with Crippen LogP contribution in [0.5, 0.6) is 0 Å². The highest BCUT2D eigenvalue weighted by atomic mass is 16.5. The van der Waals surface area contributed by atoms with Crippen molar-refractivity contribution in [3.05, 3.63) is 17.7 Å². The van der Waals surface area contributed by atoms with E-state index in [1.165, 1.54) is 6.20 Å². The number of carboxylic acids is 1. The zero-order chi connectivity index (χ0) is 12.7. The predicted octanol–water partition coefficient (Wildman–Crippen LogP) is 0.943. The number of methoxy groups -OCH3 is 1. The second-order valence-corrected chi connectivity index (χ2v) is 3.61. The van der Waals surface area contributed by atoms with Crippen LogP contribution in [0.2, 0.25) is 0 Å². The van der Waals surface area contributed by atoms with Crippen LogP contribution in [-0.4, -0.2) is 47.6 Å². The van der Waals surface area contributed by atoms with Crippen molar-refractivity contribution in [2.45, 2.75) is 19.9 Å². The topological polar surface area (TPSA) is 73.6 Å². The molecule has 0 unspecified atom stereocenters. The Hall–Kier alpha value is -1.40. The maximum atomic E-state index is 10.9. The molecule has 6 heteroatoms. The first-order valence-corrected chi connectivity index (χ1v) is 5.49. The fourth-order valence-corrected chi connectivity index (χ4v) is 1.48. The standard InChI is InChI=1S/C11H18N2O4/c1-9-12-8-10(11(14)15)13(9)4-7-17-6-3-5-16-2/h8H,3-7H2,1-2H3,(H,14,15). The van der Waals surface area contributed by atoms with Gasteiger partial charge in [0.2, 0.25) is 0 Å². The van der Waals surface area contributed by atoms with Gasteiger partial charge in [0.05, 0.1) is 12.8 Å². The van der Waals surface area contributed by atoms with Gasteiger partial charge in [0.1, 0.15) is 11.5 Å². The minimum Gasteiger partial charge on any atom is -0.477 e. The molecule has 0 aliphatic heterocycles. The molecule has 6 nitrogen and oxygen atoms in total. The number of hydrogen-bond donors (Lipinski definition) is 1. The van der Waals surface area contributed by atoms with Crippen molar-refractivity contribution in [1.29, 1.82) is 0 Å². The summed E-state index contributed by atoms with van der Waals surface area (Å²) < 4.78 is 11.9. The number of carbonyl (C=O) groups is 1. The van der Waals surface area contributed by atoms with Gasteiger partial charge in [0.25, 0.3) is 0 Å². The van der Waals surface area contributed by atoms with Crippen molar-refractivity contribution in [2.75, 3.05) is 26.9 Å². The van der Waals surface area contributed by atoms with E-state index >= 15 is 0 Å². The van der Waals surface area contributed by atoms with Crippen LogP contribution in [0.3, 0.4) is 0 Å². The van der Waals surface area contributed by atoms with Gasteiger partial charge in [-0.2, -0.15) is 0 Å². The quantitative estimate of drug-likeness (QED) is 0.687. The molecule has 0 radical (unpaired) electrons. The van der Waals surface area contributed by atoms with Gasteiger partial charge in [0.15, 0.2) is 0 Å². The van der Waals surface area contributed by atoms with E-state index in [1.807, 2.05) is 0 Å². The van der Waals surface area contributed by atoms with Crippen LogP contribution in [0.4, 0.5) is 0 Å². The Kier molecular flexibility index (Phi) is 5.65. The Labute approximate surface area is 100 Å². The highest BCUT2D eigenvalue weighted by Gasteiger charge is 2.12. The SMILES string of the molecule is COCCCOCCn1c(C(=O)O)cnc1C. The highest BCUT2D eigenvalue weighted by Crippen LogP contribution is 2.04. The summed E-state index contributed by atoms with van der Waals surface area (Å²) in [5.74, 6) is -0.284. The summed E-state index contributed by atoms with van der Waals surface area (Å²) in [6.45, 7) is 4.04. The van der Waals surface area contributed by atoms with E-state index in [4.69, 9.17) is 14.6 Å². The van der Waals surface area contributed by atoms with Crippen LogP contribution in [0, 0.1) is 6.92 Å². The van der Waals surface area contributed by atoms with Gasteiger partial charge in [-0.15, -0.1) is 0 Å². The number of aryl methyl sites for hydroxylation is 1. The van der Waals surface area contributed by atoms with E-state index in [0.717, 1.165) is 6.42 Å². The smallest absolute Gasteiger partial charge is 0.354 e. The van der Waals surface area contributed by atoms with Crippen molar-refractivity contribution in [1.82, 2.24) is 9.55 Å². The third-order valence-corrected chi connectivity index (χ3v) is 2.37. The first-order valence-electron chi connectivity index (χ1n) is 5.49. The summed E-state index contributed by atoms with van der Waals surface area (Å²) in [7, 11) is 1.65. The molecule has 96 valence electrons. The van der Waals surface area contributed by atoms with Crippen LogP contribution >= 0.6 is 0 Å². The molecule has 0 amide bonds. The summed E-state index contributed by atoms with van der Waals surface area (Å²) in [4.78, 5) is 14.9. The van der Waals surface area contributed by atoms with E-state index in [-0.39, 0.29) is 5.69 Å². The van der Waals surface area contributed by atoms with Gasteiger partial charge in [-0.1, -0.05) is 0 Å². The van der Waals surface area contributed by atoms with E-state index < -0.39 is 5.97 Å². The average Bonchev–Trinajstić information content (AvgIpc) is 2.65. The molecule has 0 aliphatic rings. The number of rotatable bonds is 8. The molecule has 0 aliphatic carbocycles. The van der Waals surface area contributed by atoms with Gasteiger partial charge in [-0.05, 0) is 13.3 Å². The zero-order valence-electron chi connectivity index (χ0n) is 10.2. The lowest BCUT2D eigenvalue weighted by atomic mass is 10.4. The Morgan fingerprint density at radius 2 is 2.24 bits per heavy atom. The third kappa shape index (κ3) is 4.16. The van der Waals surface area contributed by atoms with Crippen molar-refractivity contribution in [3.8, 4) is 0 Å². The summed E-state index contributed by atoms with van der Waals surface area (Å²) >= 11 is 0. The lowest BCUT2D eigenvalue weighted by molar-refractivity contribution is 0.0677. The van der Waals surface area contributed by atoms with Crippen LogP contribution in [0.15, 0.2) is 6.20 Å². The molecule has 1 N–H and O–H groups in total. The summed E-state index contributed by atoms with van der Waals surface area (Å²) in [5, 5.41) is 8.93. The molecule has 1 aromatic heterocycles. The van der Waals surface area contributed by atoms with Gasteiger partial charge in [-0.3, -0.25) is 0 Å². The van der Waals surface area contributed by atoms with Crippen molar-refractivity contribution < 1.29 is 19.4 Å². The maximum absolute atomic E-state index is 10.9. The lowest BCUT2D eigenvalue weighted by Crippen LogP contribution is -2.14. The number of nitrogens with zero attached hydrogens (tertiary/aromatic N) is 2. The predicted molar refractivity (Wildman–Crippen MR) is 61.2 cm³/mol. The molecular weight excluding hydrogens is 224 g/mol. The van der Waals surface area contributed by atoms with E-state index in [0.29, 0.717) is 32.2 Å². The monoisotopic (exact) mass is 242 g/mol. The normalized spacial score (nSPS) is 10.7. The summed E-state index contributed by atoms with van der Waals surface area (Å²) in [5.41, 5.74) is 0.197. The molecule has 0 saturated heterocycles.